The van der Waals surface area contributed by atoms with Gasteiger partial charge in [0.25, 0.3) is 0 Å². The Balaban J connectivity index is 2.06. The summed E-state index contributed by atoms with van der Waals surface area (Å²) in [6, 6.07) is 0. The molecule has 1 aromatic heterocycles. The Hall–Kier alpha value is -0.830. The summed E-state index contributed by atoms with van der Waals surface area (Å²) in [5, 5.41) is 3.76. The first kappa shape index (κ1) is 9.40. The lowest BCUT2D eigenvalue weighted by atomic mass is 9.79. The molecule has 1 spiro atoms. The van der Waals surface area contributed by atoms with Gasteiger partial charge in [-0.05, 0) is 18.8 Å². The Labute approximate surface area is 90.7 Å². The van der Waals surface area contributed by atoms with Crippen molar-refractivity contribution >= 4 is 0 Å². The third-order valence-electron chi connectivity index (χ3n) is 4.27. The minimum atomic E-state index is 0.211. The van der Waals surface area contributed by atoms with Gasteiger partial charge in [0, 0.05) is 18.7 Å². The summed E-state index contributed by atoms with van der Waals surface area (Å²) in [7, 11) is 0. The van der Waals surface area contributed by atoms with Gasteiger partial charge in [0.15, 0.2) is 0 Å². The Morgan fingerprint density at radius 3 is 3.40 bits per heavy atom. The maximum absolute atomic E-state index is 4.57. The number of H-pyrrole nitrogens is 1. The third kappa shape index (κ3) is 1.19. The molecular weight excluding hydrogens is 186 g/mol. The number of aromatic nitrogens is 2. The molecule has 1 aromatic rings. The predicted molar refractivity (Wildman–Crippen MR) is 59.6 cm³/mol. The van der Waals surface area contributed by atoms with Gasteiger partial charge in [0.2, 0.25) is 0 Å². The monoisotopic (exact) mass is 205 g/mol. The van der Waals surface area contributed by atoms with Crippen molar-refractivity contribution in [3.05, 3.63) is 17.7 Å². The summed E-state index contributed by atoms with van der Waals surface area (Å²) in [5.41, 5.74) is 2.90. The van der Waals surface area contributed by atoms with Crippen LogP contribution in [0.15, 0.2) is 6.33 Å². The summed E-state index contributed by atoms with van der Waals surface area (Å²) in [6.07, 6.45) is 8.20. The van der Waals surface area contributed by atoms with Gasteiger partial charge in [-0.3, -0.25) is 0 Å². The van der Waals surface area contributed by atoms with Crippen LogP contribution in [0.3, 0.4) is 0 Å². The number of nitrogens with one attached hydrogen (secondary N) is 2. The van der Waals surface area contributed by atoms with E-state index in [1.54, 1.807) is 0 Å². The van der Waals surface area contributed by atoms with E-state index in [0.29, 0.717) is 0 Å². The van der Waals surface area contributed by atoms with Crippen molar-refractivity contribution in [1.82, 2.24) is 15.3 Å². The largest absolute Gasteiger partial charge is 0.348 e. The molecule has 1 fully saturated rings. The molecule has 0 bridgehead atoms. The average molecular weight is 205 g/mol. The quantitative estimate of drug-likeness (QED) is 0.736. The lowest BCUT2D eigenvalue weighted by molar-refractivity contribution is 0.222. The molecule has 3 rings (SSSR count). The average Bonchev–Trinajstić information content (AvgIpc) is 2.85. The highest BCUT2D eigenvalue weighted by Crippen LogP contribution is 2.46. The van der Waals surface area contributed by atoms with Crippen LogP contribution < -0.4 is 5.32 Å². The van der Waals surface area contributed by atoms with Crippen LogP contribution in [0.4, 0.5) is 0 Å². The minimum Gasteiger partial charge on any atom is -0.348 e. The van der Waals surface area contributed by atoms with Gasteiger partial charge in [0.05, 0.1) is 17.6 Å². The fraction of sp³-hybridized carbons (Fsp3) is 0.750. The smallest absolute Gasteiger partial charge is 0.0926 e. The Bertz CT molecular complexity index is 358. The number of hydrogen-bond donors (Lipinski definition) is 2. The zero-order valence-electron chi connectivity index (χ0n) is 9.34. The van der Waals surface area contributed by atoms with Crippen molar-refractivity contribution in [2.24, 2.45) is 5.92 Å². The Kier molecular flexibility index (Phi) is 2.09. The number of rotatable bonds is 1. The summed E-state index contributed by atoms with van der Waals surface area (Å²) < 4.78 is 0. The van der Waals surface area contributed by atoms with Crippen LogP contribution in [-0.2, 0) is 12.0 Å². The Morgan fingerprint density at radius 1 is 1.60 bits per heavy atom. The van der Waals surface area contributed by atoms with Crippen LogP contribution in [-0.4, -0.2) is 16.5 Å². The van der Waals surface area contributed by atoms with Crippen LogP contribution in [0.2, 0.25) is 0 Å². The van der Waals surface area contributed by atoms with E-state index in [9.17, 15) is 0 Å². The van der Waals surface area contributed by atoms with Gasteiger partial charge in [-0.2, -0.15) is 0 Å². The van der Waals surface area contributed by atoms with Crippen molar-refractivity contribution in [1.29, 1.82) is 0 Å². The highest BCUT2D eigenvalue weighted by atomic mass is 15.1. The number of imidazole rings is 1. The van der Waals surface area contributed by atoms with E-state index in [0.717, 1.165) is 18.9 Å². The lowest BCUT2D eigenvalue weighted by Gasteiger charge is -2.39. The van der Waals surface area contributed by atoms with E-state index in [1.807, 2.05) is 6.33 Å². The van der Waals surface area contributed by atoms with Gasteiger partial charge < -0.3 is 10.3 Å². The van der Waals surface area contributed by atoms with Gasteiger partial charge in [-0.25, -0.2) is 4.98 Å². The van der Waals surface area contributed by atoms with Crippen LogP contribution in [0.1, 0.15) is 44.0 Å². The lowest BCUT2D eigenvalue weighted by Crippen LogP contribution is -2.49. The van der Waals surface area contributed by atoms with E-state index in [-0.39, 0.29) is 5.54 Å². The normalized spacial score (nSPS) is 34.6. The van der Waals surface area contributed by atoms with E-state index < -0.39 is 0 Å². The summed E-state index contributed by atoms with van der Waals surface area (Å²) in [4.78, 5) is 7.87. The summed E-state index contributed by atoms with van der Waals surface area (Å²) >= 11 is 0. The van der Waals surface area contributed by atoms with Crippen molar-refractivity contribution in [3.8, 4) is 0 Å². The number of nitrogens with zero attached hydrogens (tertiary/aromatic N) is 1. The molecule has 3 heteroatoms. The summed E-state index contributed by atoms with van der Waals surface area (Å²) in [6.45, 7) is 3.41. The summed E-state index contributed by atoms with van der Waals surface area (Å²) in [5.74, 6) is 0.778. The van der Waals surface area contributed by atoms with Crippen molar-refractivity contribution in [2.75, 3.05) is 6.54 Å². The number of hydrogen-bond acceptors (Lipinski definition) is 2. The molecule has 3 nitrogen and oxygen atoms in total. The van der Waals surface area contributed by atoms with E-state index >= 15 is 0 Å². The van der Waals surface area contributed by atoms with Crippen LogP contribution in [0.5, 0.6) is 0 Å². The van der Waals surface area contributed by atoms with Crippen molar-refractivity contribution in [3.63, 3.8) is 0 Å². The number of fused-ring (bicyclic) bond motifs is 2. The molecule has 0 saturated heterocycles. The molecule has 0 aromatic carbocycles. The maximum atomic E-state index is 4.57. The predicted octanol–water partition coefficient (Wildman–Crippen LogP) is 1.96. The van der Waals surface area contributed by atoms with Gasteiger partial charge in [-0.1, -0.05) is 19.8 Å². The SMILES string of the molecule is CCC1CCCC12NCCc1[nH]cnc12. The third-order valence-corrected chi connectivity index (χ3v) is 4.27. The fourth-order valence-corrected chi connectivity index (χ4v) is 3.57. The van der Waals surface area contributed by atoms with Crippen LogP contribution in [0.25, 0.3) is 0 Å². The standard InChI is InChI=1S/C12H19N3/c1-2-9-4-3-6-12(9)11-10(5-7-15-12)13-8-14-11/h8-9,15H,2-7H2,1H3,(H,13,14). The van der Waals surface area contributed by atoms with E-state index in [2.05, 4.69) is 22.2 Å². The molecule has 2 unspecified atom stereocenters. The molecule has 1 aliphatic carbocycles. The van der Waals surface area contributed by atoms with E-state index in [4.69, 9.17) is 0 Å². The molecular formula is C12H19N3. The van der Waals surface area contributed by atoms with E-state index in [1.165, 1.54) is 37.1 Å². The first-order valence-electron chi connectivity index (χ1n) is 6.14. The first-order chi connectivity index (χ1) is 7.37. The first-order valence-corrected chi connectivity index (χ1v) is 6.14. The molecule has 1 aliphatic heterocycles. The molecule has 0 amide bonds. The van der Waals surface area contributed by atoms with Crippen molar-refractivity contribution in [2.45, 2.75) is 44.6 Å². The molecule has 0 radical (unpaired) electrons. The Morgan fingerprint density at radius 2 is 2.53 bits per heavy atom. The minimum absolute atomic E-state index is 0.211. The topological polar surface area (TPSA) is 40.7 Å². The molecule has 2 atom stereocenters. The highest BCUT2D eigenvalue weighted by Gasteiger charge is 2.47. The van der Waals surface area contributed by atoms with Crippen molar-refractivity contribution < 1.29 is 0 Å². The van der Waals surface area contributed by atoms with Crippen LogP contribution >= 0.6 is 0 Å². The molecule has 1 saturated carbocycles. The number of aromatic amines is 1. The fourth-order valence-electron chi connectivity index (χ4n) is 3.57. The zero-order valence-corrected chi connectivity index (χ0v) is 9.34. The molecule has 82 valence electrons. The second kappa shape index (κ2) is 3.34. The second-order valence-corrected chi connectivity index (χ2v) is 4.88. The molecule has 2 N–H and O–H groups in total. The van der Waals surface area contributed by atoms with Gasteiger partial charge >= 0.3 is 0 Å². The molecule has 15 heavy (non-hydrogen) atoms. The maximum Gasteiger partial charge on any atom is 0.0926 e. The highest BCUT2D eigenvalue weighted by molar-refractivity contribution is 5.27. The zero-order chi connectivity index (χ0) is 10.3. The van der Waals surface area contributed by atoms with Crippen LogP contribution in [0, 0.1) is 5.92 Å². The van der Waals surface area contributed by atoms with Gasteiger partial charge in [-0.15, -0.1) is 0 Å². The second-order valence-electron chi connectivity index (χ2n) is 4.88. The molecule has 2 heterocycles. The molecule has 2 aliphatic rings. The van der Waals surface area contributed by atoms with Gasteiger partial charge in [0.1, 0.15) is 0 Å².